The number of ether oxygens (including phenoxy) is 3. The van der Waals surface area contributed by atoms with Crippen LogP contribution in [0.4, 0.5) is 5.69 Å². The Morgan fingerprint density at radius 2 is 1.85 bits per heavy atom. The highest BCUT2D eigenvalue weighted by Gasteiger charge is 2.10. The summed E-state index contributed by atoms with van der Waals surface area (Å²) in [6.45, 7) is 2.16. The lowest BCUT2D eigenvalue weighted by atomic mass is 10.3. The minimum absolute atomic E-state index is 0. The summed E-state index contributed by atoms with van der Waals surface area (Å²) in [7, 11) is 0. The molecular weight excluding hydrogens is 469 g/mol. The molecule has 0 fully saturated rings. The lowest BCUT2D eigenvalue weighted by molar-refractivity contribution is 0.297. The molecule has 0 saturated heterocycles. The third-order valence-electron chi connectivity index (χ3n) is 3.48. The first-order chi connectivity index (χ1) is 12.2. The molecule has 6 nitrogen and oxygen atoms in total. The van der Waals surface area contributed by atoms with Gasteiger partial charge in [0.25, 0.3) is 0 Å². The van der Waals surface area contributed by atoms with E-state index in [2.05, 4.69) is 10.3 Å². The van der Waals surface area contributed by atoms with Gasteiger partial charge >= 0.3 is 0 Å². The molecule has 140 valence electrons. The van der Waals surface area contributed by atoms with Gasteiger partial charge in [0.1, 0.15) is 12.4 Å². The van der Waals surface area contributed by atoms with Gasteiger partial charge in [0.2, 0.25) is 0 Å². The van der Waals surface area contributed by atoms with E-state index in [1.54, 1.807) is 12.1 Å². The summed E-state index contributed by atoms with van der Waals surface area (Å²) < 4.78 is 16.8. The third kappa shape index (κ3) is 6.14. The summed E-state index contributed by atoms with van der Waals surface area (Å²) in [5, 5.41) is 3.71. The monoisotopic (exact) mass is 489 g/mol. The van der Waals surface area contributed by atoms with Gasteiger partial charge in [-0.3, -0.25) is 0 Å². The highest BCUT2D eigenvalue weighted by atomic mass is 127. The van der Waals surface area contributed by atoms with Crippen LogP contribution in [0, 0.1) is 0 Å². The van der Waals surface area contributed by atoms with Crippen molar-refractivity contribution in [3.63, 3.8) is 0 Å². The fourth-order valence-electron chi connectivity index (χ4n) is 2.29. The van der Waals surface area contributed by atoms with Crippen molar-refractivity contribution in [1.29, 1.82) is 0 Å². The van der Waals surface area contributed by atoms with E-state index in [0.29, 0.717) is 43.1 Å². The second-order valence-corrected chi connectivity index (χ2v) is 5.84. The predicted octanol–water partition coefficient (Wildman–Crippen LogP) is 3.92. The van der Waals surface area contributed by atoms with Crippen LogP contribution >= 0.6 is 35.6 Å². The van der Waals surface area contributed by atoms with E-state index in [-0.39, 0.29) is 24.0 Å². The van der Waals surface area contributed by atoms with Crippen molar-refractivity contribution < 1.29 is 14.2 Å². The van der Waals surface area contributed by atoms with Crippen LogP contribution in [-0.4, -0.2) is 32.3 Å². The number of nitrogens with one attached hydrogen (secondary N) is 1. The molecule has 3 N–H and O–H groups in total. The number of rotatable bonds is 5. The highest BCUT2D eigenvalue weighted by molar-refractivity contribution is 14.0. The maximum Gasteiger partial charge on any atom is 0.193 e. The van der Waals surface area contributed by atoms with Crippen LogP contribution in [0.5, 0.6) is 17.2 Å². The number of nitrogens with zero attached hydrogens (tertiary/aromatic N) is 1. The lowest BCUT2D eigenvalue weighted by Crippen LogP contribution is -2.23. The van der Waals surface area contributed by atoms with Gasteiger partial charge in [-0.25, -0.2) is 4.99 Å². The van der Waals surface area contributed by atoms with E-state index in [9.17, 15) is 0 Å². The van der Waals surface area contributed by atoms with Crippen LogP contribution in [0.2, 0.25) is 5.02 Å². The number of hydrogen-bond donors (Lipinski definition) is 2. The van der Waals surface area contributed by atoms with E-state index in [4.69, 9.17) is 31.5 Å². The van der Waals surface area contributed by atoms with Crippen LogP contribution < -0.4 is 25.3 Å². The molecule has 1 aliphatic heterocycles. The van der Waals surface area contributed by atoms with Crippen LogP contribution in [0.25, 0.3) is 0 Å². The van der Waals surface area contributed by atoms with Crippen LogP contribution in [0.15, 0.2) is 47.5 Å². The van der Waals surface area contributed by atoms with Gasteiger partial charge in [0, 0.05) is 23.2 Å². The molecule has 0 atom stereocenters. The molecule has 2 aromatic rings. The number of anilines is 1. The molecule has 26 heavy (non-hydrogen) atoms. The Bertz CT molecular complexity index is 741. The Morgan fingerprint density at radius 1 is 1.12 bits per heavy atom. The van der Waals surface area contributed by atoms with Crippen molar-refractivity contribution in [2.45, 2.75) is 6.42 Å². The second-order valence-electron chi connectivity index (χ2n) is 5.41. The number of guanidine groups is 1. The lowest BCUT2D eigenvalue weighted by Gasteiger charge is -2.11. The van der Waals surface area contributed by atoms with Gasteiger partial charge in [-0.15, -0.1) is 24.0 Å². The quantitative estimate of drug-likeness (QED) is 0.288. The van der Waals surface area contributed by atoms with Crippen molar-refractivity contribution in [3.8, 4) is 17.2 Å². The molecule has 0 aliphatic carbocycles. The van der Waals surface area contributed by atoms with Crippen molar-refractivity contribution in [2.75, 3.05) is 31.7 Å². The average Bonchev–Trinajstić information content (AvgIpc) is 2.85. The van der Waals surface area contributed by atoms with Crippen molar-refractivity contribution >= 4 is 47.2 Å². The fourth-order valence-corrected chi connectivity index (χ4v) is 2.41. The number of hydrogen-bond acceptors (Lipinski definition) is 4. The summed E-state index contributed by atoms with van der Waals surface area (Å²) in [6, 6.07) is 12.8. The summed E-state index contributed by atoms with van der Waals surface area (Å²) in [4.78, 5) is 4.24. The Kier molecular flexibility index (Phi) is 8.11. The summed E-state index contributed by atoms with van der Waals surface area (Å²) in [6.07, 6.45) is 0.870. The molecule has 0 radical (unpaired) electrons. The van der Waals surface area contributed by atoms with E-state index in [0.717, 1.165) is 23.6 Å². The summed E-state index contributed by atoms with van der Waals surface area (Å²) >= 11 is 5.83. The van der Waals surface area contributed by atoms with Gasteiger partial charge < -0.3 is 25.3 Å². The molecular formula is C18H21ClIN3O3. The molecule has 0 spiro atoms. The minimum Gasteiger partial charge on any atom is -0.492 e. The number of fused-ring (bicyclic) bond motifs is 1. The average molecular weight is 490 g/mol. The highest BCUT2D eigenvalue weighted by Crippen LogP contribution is 2.32. The first-order valence-corrected chi connectivity index (χ1v) is 8.43. The second kappa shape index (κ2) is 10.3. The summed E-state index contributed by atoms with van der Waals surface area (Å²) in [5.74, 6) is 2.51. The topological polar surface area (TPSA) is 78.1 Å². The van der Waals surface area contributed by atoms with Crippen molar-refractivity contribution in [3.05, 3.63) is 47.5 Å². The van der Waals surface area contributed by atoms with Gasteiger partial charge in [-0.2, -0.15) is 0 Å². The third-order valence-corrected chi connectivity index (χ3v) is 3.73. The summed E-state index contributed by atoms with van der Waals surface area (Å²) in [5.41, 5.74) is 6.70. The Labute approximate surface area is 174 Å². The van der Waals surface area contributed by atoms with E-state index in [1.807, 2.05) is 30.3 Å². The molecule has 3 rings (SSSR count). The Hall–Kier alpha value is -1.87. The fraction of sp³-hybridized carbons (Fsp3) is 0.278. The van der Waals surface area contributed by atoms with E-state index < -0.39 is 0 Å². The minimum atomic E-state index is 0. The van der Waals surface area contributed by atoms with E-state index >= 15 is 0 Å². The largest absolute Gasteiger partial charge is 0.492 e. The number of halogens is 2. The number of benzene rings is 2. The first-order valence-electron chi connectivity index (χ1n) is 8.06. The number of aliphatic imine (C=N–C) groups is 1. The SMILES string of the molecule is I.NC(=NCCOc1ccc(Cl)cc1)Nc1ccc2c(c1)OCCCO2. The predicted molar refractivity (Wildman–Crippen MR) is 115 cm³/mol. The van der Waals surface area contributed by atoms with Gasteiger partial charge in [0.15, 0.2) is 17.5 Å². The Morgan fingerprint density at radius 3 is 2.62 bits per heavy atom. The van der Waals surface area contributed by atoms with E-state index in [1.165, 1.54) is 0 Å². The van der Waals surface area contributed by atoms with Gasteiger partial charge in [-0.1, -0.05) is 11.6 Å². The molecule has 1 aliphatic rings. The first kappa shape index (κ1) is 20.4. The zero-order valence-electron chi connectivity index (χ0n) is 14.1. The standard InChI is InChI=1S/C18H20ClN3O3.HI/c19-13-2-5-15(6-3-13)23-11-8-21-18(20)22-14-4-7-16-17(12-14)25-10-1-9-24-16;/h2-7,12H,1,8-11H2,(H3,20,21,22);1H. The molecule has 8 heteroatoms. The zero-order valence-corrected chi connectivity index (χ0v) is 17.2. The van der Waals surface area contributed by atoms with Crippen LogP contribution in [0.3, 0.4) is 0 Å². The molecule has 2 aromatic carbocycles. The molecule has 0 aromatic heterocycles. The molecule has 0 bridgehead atoms. The van der Waals surface area contributed by atoms with Gasteiger partial charge in [-0.05, 0) is 36.4 Å². The molecule has 0 unspecified atom stereocenters. The molecule has 0 amide bonds. The Balaban J connectivity index is 0.00000243. The van der Waals surface area contributed by atoms with Gasteiger partial charge in [0.05, 0.1) is 19.8 Å². The van der Waals surface area contributed by atoms with Crippen molar-refractivity contribution in [2.24, 2.45) is 10.7 Å². The maximum atomic E-state index is 5.91. The van der Waals surface area contributed by atoms with Crippen molar-refractivity contribution in [1.82, 2.24) is 0 Å². The normalized spacial score (nSPS) is 13.3. The molecule has 0 saturated carbocycles. The maximum absolute atomic E-state index is 5.91. The molecule has 1 heterocycles. The number of nitrogens with two attached hydrogens (primary N) is 1. The smallest absolute Gasteiger partial charge is 0.193 e. The van der Waals surface area contributed by atoms with Crippen LogP contribution in [-0.2, 0) is 0 Å². The zero-order chi connectivity index (χ0) is 17.5. The van der Waals surface area contributed by atoms with Crippen LogP contribution in [0.1, 0.15) is 6.42 Å².